The molecule has 0 unspecified atom stereocenters. The van der Waals surface area contributed by atoms with E-state index in [0.717, 1.165) is 6.07 Å². The van der Waals surface area contributed by atoms with E-state index in [1.54, 1.807) is 0 Å². The SMILES string of the molecule is FC(F)(F)c1cc2[nH]cnc2cc1Oc1ccc(Cl)c(Cl)c1. The number of hydrogen-bond acceptors (Lipinski definition) is 2. The van der Waals surface area contributed by atoms with E-state index in [9.17, 15) is 13.2 Å². The number of rotatable bonds is 2. The Hall–Kier alpha value is -1.92. The van der Waals surface area contributed by atoms with Gasteiger partial charge in [-0.05, 0) is 18.2 Å². The maximum absolute atomic E-state index is 13.2. The van der Waals surface area contributed by atoms with E-state index in [1.807, 2.05) is 0 Å². The molecule has 0 bridgehead atoms. The lowest BCUT2D eigenvalue weighted by Crippen LogP contribution is -2.07. The molecule has 3 rings (SSSR count). The Kier molecular flexibility index (Phi) is 3.66. The molecule has 0 aliphatic heterocycles. The molecule has 0 radical (unpaired) electrons. The second-order valence-electron chi connectivity index (χ2n) is 4.44. The highest BCUT2D eigenvalue weighted by molar-refractivity contribution is 6.42. The van der Waals surface area contributed by atoms with Crippen molar-refractivity contribution in [2.24, 2.45) is 0 Å². The minimum atomic E-state index is -4.56. The van der Waals surface area contributed by atoms with Crippen LogP contribution in [0.5, 0.6) is 11.5 Å². The molecule has 0 amide bonds. The van der Waals surface area contributed by atoms with Crippen molar-refractivity contribution in [3.8, 4) is 11.5 Å². The predicted molar refractivity (Wildman–Crippen MR) is 77.6 cm³/mol. The topological polar surface area (TPSA) is 37.9 Å². The van der Waals surface area contributed by atoms with Crippen LogP contribution in [0.25, 0.3) is 11.0 Å². The average Bonchev–Trinajstić information content (AvgIpc) is 2.88. The van der Waals surface area contributed by atoms with Crippen LogP contribution in [0.1, 0.15) is 5.56 Å². The summed E-state index contributed by atoms with van der Waals surface area (Å²) in [4.78, 5) is 6.56. The van der Waals surface area contributed by atoms with Crippen LogP contribution in [0, 0.1) is 0 Å². The van der Waals surface area contributed by atoms with Crippen molar-refractivity contribution in [2.45, 2.75) is 6.18 Å². The molecular formula is C14H7Cl2F3N2O. The highest BCUT2D eigenvalue weighted by Gasteiger charge is 2.35. The van der Waals surface area contributed by atoms with Crippen LogP contribution in [-0.4, -0.2) is 9.97 Å². The smallest absolute Gasteiger partial charge is 0.420 e. The van der Waals surface area contributed by atoms with Crippen LogP contribution in [0.4, 0.5) is 13.2 Å². The lowest BCUT2D eigenvalue weighted by Gasteiger charge is -2.14. The van der Waals surface area contributed by atoms with Crippen molar-refractivity contribution in [2.75, 3.05) is 0 Å². The Morgan fingerprint density at radius 1 is 1.05 bits per heavy atom. The fourth-order valence-corrected chi connectivity index (χ4v) is 2.22. The molecule has 0 saturated carbocycles. The monoisotopic (exact) mass is 346 g/mol. The number of ether oxygens (including phenoxy) is 1. The van der Waals surface area contributed by atoms with E-state index in [4.69, 9.17) is 27.9 Å². The van der Waals surface area contributed by atoms with Crippen molar-refractivity contribution in [1.82, 2.24) is 9.97 Å². The third kappa shape index (κ3) is 2.84. The van der Waals surface area contributed by atoms with Crippen LogP contribution in [0.2, 0.25) is 10.0 Å². The van der Waals surface area contributed by atoms with E-state index < -0.39 is 11.7 Å². The lowest BCUT2D eigenvalue weighted by atomic mass is 10.1. The number of nitrogens with one attached hydrogen (secondary N) is 1. The summed E-state index contributed by atoms with van der Waals surface area (Å²) in [6.45, 7) is 0. The number of benzene rings is 2. The van der Waals surface area contributed by atoms with Crippen molar-refractivity contribution >= 4 is 34.2 Å². The molecule has 8 heteroatoms. The van der Waals surface area contributed by atoms with Crippen LogP contribution < -0.4 is 4.74 Å². The van der Waals surface area contributed by atoms with Crippen LogP contribution in [-0.2, 0) is 6.18 Å². The zero-order chi connectivity index (χ0) is 15.9. The molecule has 0 fully saturated rings. The molecular weight excluding hydrogens is 340 g/mol. The van der Waals surface area contributed by atoms with Gasteiger partial charge in [-0.15, -0.1) is 0 Å². The number of hydrogen-bond donors (Lipinski definition) is 1. The summed E-state index contributed by atoms with van der Waals surface area (Å²) < 4.78 is 44.8. The van der Waals surface area contributed by atoms with Crippen LogP contribution in [0.15, 0.2) is 36.7 Å². The molecule has 1 N–H and O–H groups in total. The minimum Gasteiger partial charge on any atom is -0.457 e. The molecule has 0 aliphatic carbocycles. The Balaban J connectivity index is 2.09. The van der Waals surface area contributed by atoms with E-state index in [0.29, 0.717) is 5.52 Å². The van der Waals surface area contributed by atoms with Gasteiger partial charge in [-0.1, -0.05) is 23.2 Å². The van der Waals surface area contributed by atoms with Gasteiger partial charge in [0.1, 0.15) is 17.1 Å². The first-order valence-corrected chi connectivity index (χ1v) is 6.77. The molecule has 22 heavy (non-hydrogen) atoms. The summed E-state index contributed by atoms with van der Waals surface area (Å²) in [6.07, 6.45) is -3.25. The Labute approximate surface area is 132 Å². The van der Waals surface area contributed by atoms with Crippen LogP contribution in [0.3, 0.4) is 0 Å². The lowest BCUT2D eigenvalue weighted by molar-refractivity contribution is -0.138. The molecule has 1 heterocycles. The number of alkyl halides is 3. The summed E-state index contributed by atoms with van der Waals surface area (Å²) in [5.41, 5.74) is -0.271. The fourth-order valence-electron chi connectivity index (χ4n) is 1.94. The van der Waals surface area contributed by atoms with Gasteiger partial charge in [0, 0.05) is 12.1 Å². The number of imidazole rings is 1. The fraction of sp³-hybridized carbons (Fsp3) is 0.0714. The summed E-state index contributed by atoms with van der Waals surface area (Å²) >= 11 is 11.6. The van der Waals surface area contributed by atoms with Gasteiger partial charge in [-0.2, -0.15) is 13.2 Å². The molecule has 1 aromatic heterocycles. The van der Waals surface area contributed by atoms with E-state index in [1.165, 1.54) is 30.6 Å². The van der Waals surface area contributed by atoms with Crippen molar-refractivity contribution in [1.29, 1.82) is 0 Å². The quantitative estimate of drug-likeness (QED) is 0.648. The summed E-state index contributed by atoms with van der Waals surface area (Å²) in [5.74, 6) is -0.208. The Morgan fingerprint density at radius 2 is 1.82 bits per heavy atom. The normalized spacial score (nSPS) is 11.9. The molecule has 3 nitrogen and oxygen atoms in total. The van der Waals surface area contributed by atoms with Crippen molar-refractivity contribution < 1.29 is 17.9 Å². The number of aromatic nitrogens is 2. The molecule has 0 aliphatic rings. The van der Waals surface area contributed by atoms with Gasteiger partial charge < -0.3 is 9.72 Å². The van der Waals surface area contributed by atoms with Gasteiger partial charge in [0.25, 0.3) is 0 Å². The first-order chi connectivity index (χ1) is 10.3. The minimum absolute atomic E-state index is 0.148. The zero-order valence-corrected chi connectivity index (χ0v) is 12.2. The molecule has 0 saturated heterocycles. The molecule has 3 aromatic rings. The highest BCUT2D eigenvalue weighted by atomic mass is 35.5. The number of halogens is 5. The number of nitrogens with zero attached hydrogens (tertiary/aromatic N) is 1. The predicted octanol–water partition coefficient (Wildman–Crippen LogP) is 5.68. The molecule has 2 aromatic carbocycles. The highest BCUT2D eigenvalue weighted by Crippen LogP contribution is 2.40. The average molecular weight is 347 g/mol. The van der Waals surface area contributed by atoms with Gasteiger partial charge in [-0.3, -0.25) is 0 Å². The van der Waals surface area contributed by atoms with E-state index in [2.05, 4.69) is 9.97 Å². The standard InChI is InChI=1S/C14H7Cl2F3N2O/c15-9-2-1-7(3-10(9)16)22-13-5-12-11(20-6-21-12)4-8(13)14(17,18)19/h1-6H,(H,20,21). The van der Waals surface area contributed by atoms with Gasteiger partial charge in [0.2, 0.25) is 0 Å². The largest absolute Gasteiger partial charge is 0.457 e. The molecule has 0 spiro atoms. The summed E-state index contributed by atoms with van der Waals surface area (Å²) in [6, 6.07) is 6.40. The molecule has 114 valence electrons. The Morgan fingerprint density at radius 3 is 2.50 bits per heavy atom. The van der Waals surface area contributed by atoms with Gasteiger partial charge in [-0.25, -0.2) is 4.98 Å². The second kappa shape index (κ2) is 5.37. The molecule has 0 atom stereocenters. The second-order valence-corrected chi connectivity index (χ2v) is 5.26. The van der Waals surface area contributed by atoms with Gasteiger partial charge in [0.05, 0.1) is 27.4 Å². The summed E-state index contributed by atoms with van der Waals surface area (Å²) in [5, 5.41) is 0.474. The Bertz CT molecular complexity index is 846. The first-order valence-electron chi connectivity index (χ1n) is 6.02. The maximum atomic E-state index is 13.2. The van der Waals surface area contributed by atoms with Gasteiger partial charge in [0.15, 0.2) is 0 Å². The number of fused-ring (bicyclic) bond motifs is 1. The van der Waals surface area contributed by atoms with Crippen molar-refractivity contribution in [3.05, 3.63) is 52.3 Å². The summed E-state index contributed by atoms with van der Waals surface area (Å²) in [7, 11) is 0. The third-order valence-electron chi connectivity index (χ3n) is 2.95. The van der Waals surface area contributed by atoms with E-state index >= 15 is 0 Å². The van der Waals surface area contributed by atoms with Crippen LogP contribution >= 0.6 is 23.2 Å². The number of H-pyrrole nitrogens is 1. The van der Waals surface area contributed by atoms with Crippen molar-refractivity contribution in [3.63, 3.8) is 0 Å². The number of aromatic amines is 1. The van der Waals surface area contributed by atoms with Gasteiger partial charge >= 0.3 is 6.18 Å². The zero-order valence-electron chi connectivity index (χ0n) is 10.7. The first kappa shape index (κ1) is 15.0. The van der Waals surface area contributed by atoms with E-state index in [-0.39, 0.29) is 27.1 Å². The maximum Gasteiger partial charge on any atom is 0.420 e. The third-order valence-corrected chi connectivity index (χ3v) is 3.68.